The molecule has 0 unspecified atom stereocenters. The standard InChI is InChI=1S/C13H18FNO3S/c1-15-13(16)10-7-9(5-4-6-19-14)8-11(17-2)12(10)18-3/h7-8H,4-6H2,1-3H3,(H,15,16). The maximum atomic E-state index is 12.0. The molecule has 6 heteroatoms. The number of nitrogens with one attached hydrogen (secondary N) is 1. The van der Waals surface area contributed by atoms with E-state index >= 15 is 0 Å². The van der Waals surface area contributed by atoms with Crippen LogP contribution in [0.1, 0.15) is 22.3 Å². The van der Waals surface area contributed by atoms with E-state index in [-0.39, 0.29) is 5.91 Å². The van der Waals surface area contributed by atoms with Crippen LogP contribution in [0.15, 0.2) is 12.1 Å². The first-order chi connectivity index (χ1) is 9.17. The molecule has 0 atom stereocenters. The molecule has 1 amide bonds. The van der Waals surface area contributed by atoms with Crippen molar-refractivity contribution in [2.75, 3.05) is 27.0 Å². The monoisotopic (exact) mass is 287 g/mol. The lowest BCUT2D eigenvalue weighted by atomic mass is 10.0. The van der Waals surface area contributed by atoms with Gasteiger partial charge >= 0.3 is 0 Å². The first-order valence-corrected chi connectivity index (χ1v) is 6.77. The summed E-state index contributed by atoms with van der Waals surface area (Å²) in [5, 5.41) is 2.56. The maximum Gasteiger partial charge on any atom is 0.254 e. The number of carbonyl (C=O) groups is 1. The number of hydrogen-bond acceptors (Lipinski definition) is 4. The number of rotatable bonds is 7. The molecule has 0 saturated heterocycles. The number of ether oxygens (including phenoxy) is 2. The van der Waals surface area contributed by atoms with Crippen molar-refractivity contribution in [3.8, 4) is 11.5 Å². The van der Waals surface area contributed by atoms with E-state index < -0.39 is 0 Å². The summed E-state index contributed by atoms with van der Waals surface area (Å²) >= 11 is 0.318. The second-order valence-corrected chi connectivity index (χ2v) is 4.50. The van der Waals surface area contributed by atoms with E-state index in [1.807, 2.05) is 6.07 Å². The molecule has 1 aromatic rings. The molecule has 0 aliphatic heterocycles. The Morgan fingerprint density at radius 1 is 1.37 bits per heavy atom. The van der Waals surface area contributed by atoms with Gasteiger partial charge in [-0.05, 0) is 30.5 Å². The lowest BCUT2D eigenvalue weighted by molar-refractivity contribution is 0.0959. The first kappa shape index (κ1) is 15.6. The Kier molecular flexibility index (Phi) is 6.49. The van der Waals surface area contributed by atoms with E-state index in [4.69, 9.17) is 9.47 Å². The van der Waals surface area contributed by atoms with E-state index in [0.717, 1.165) is 5.56 Å². The highest BCUT2D eigenvalue weighted by Crippen LogP contribution is 2.33. The molecule has 0 saturated carbocycles. The zero-order valence-corrected chi connectivity index (χ0v) is 12.1. The van der Waals surface area contributed by atoms with Crippen LogP contribution in [-0.2, 0) is 6.42 Å². The minimum absolute atomic E-state index is 0.239. The minimum Gasteiger partial charge on any atom is -0.493 e. The van der Waals surface area contributed by atoms with Gasteiger partial charge in [-0.1, -0.05) is 0 Å². The molecule has 1 N–H and O–H groups in total. The molecule has 4 nitrogen and oxygen atoms in total. The Bertz CT molecular complexity index is 440. The maximum absolute atomic E-state index is 12.0. The van der Waals surface area contributed by atoms with Crippen LogP contribution in [0, 0.1) is 0 Å². The third-order valence-electron chi connectivity index (χ3n) is 2.70. The molecule has 0 aliphatic rings. The van der Waals surface area contributed by atoms with Crippen LogP contribution < -0.4 is 14.8 Å². The van der Waals surface area contributed by atoms with Gasteiger partial charge in [0.15, 0.2) is 11.5 Å². The average molecular weight is 287 g/mol. The molecule has 0 aromatic heterocycles. The van der Waals surface area contributed by atoms with Crippen molar-refractivity contribution in [3.05, 3.63) is 23.3 Å². The topological polar surface area (TPSA) is 47.6 Å². The zero-order chi connectivity index (χ0) is 14.3. The van der Waals surface area contributed by atoms with Crippen LogP contribution in [0.3, 0.4) is 0 Å². The SMILES string of the molecule is CNC(=O)c1cc(CCCSF)cc(OC)c1OC. The smallest absolute Gasteiger partial charge is 0.254 e. The Morgan fingerprint density at radius 3 is 2.63 bits per heavy atom. The van der Waals surface area contributed by atoms with E-state index in [9.17, 15) is 8.68 Å². The fourth-order valence-electron chi connectivity index (χ4n) is 1.80. The number of methoxy groups -OCH3 is 2. The van der Waals surface area contributed by atoms with Crippen LogP contribution >= 0.6 is 12.1 Å². The number of amides is 1. The van der Waals surface area contributed by atoms with Gasteiger partial charge < -0.3 is 14.8 Å². The molecule has 1 aromatic carbocycles. The van der Waals surface area contributed by atoms with E-state index in [2.05, 4.69) is 5.32 Å². The summed E-state index contributed by atoms with van der Waals surface area (Å²) in [7, 11) is 4.57. The number of benzene rings is 1. The zero-order valence-electron chi connectivity index (χ0n) is 11.3. The van der Waals surface area contributed by atoms with Crippen LogP contribution in [0.4, 0.5) is 3.89 Å². The van der Waals surface area contributed by atoms with Gasteiger partial charge in [-0.2, -0.15) is 3.89 Å². The summed E-state index contributed by atoms with van der Waals surface area (Å²) < 4.78 is 22.5. The van der Waals surface area contributed by atoms with Gasteiger partial charge in [0.1, 0.15) is 0 Å². The molecule has 0 spiro atoms. The number of hydrogen-bond donors (Lipinski definition) is 1. The highest BCUT2D eigenvalue weighted by atomic mass is 32.2. The van der Waals surface area contributed by atoms with Gasteiger partial charge in [-0.15, -0.1) is 0 Å². The van der Waals surface area contributed by atoms with Gasteiger partial charge in [0.25, 0.3) is 5.91 Å². The second-order valence-electron chi connectivity index (χ2n) is 3.87. The summed E-state index contributed by atoms with van der Waals surface area (Å²) in [6, 6.07) is 3.57. The molecular formula is C13H18FNO3S. The Labute approximate surface area is 117 Å². The van der Waals surface area contributed by atoms with Crippen molar-refractivity contribution in [1.29, 1.82) is 0 Å². The van der Waals surface area contributed by atoms with Crippen molar-refractivity contribution in [2.45, 2.75) is 12.8 Å². The van der Waals surface area contributed by atoms with Crippen LogP contribution in [0.25, 0.3) is 0 Å². The molecule has 0 bridgehead atoms. The van der Waals surface area contributed by atoms with Crippen LogP contribution in [0.5, 0.6) is 11.5 Å². The van der Waals surface area contributed by atoms with Crippen molar-refractivity contribution in [2.24, 2.45) is 0 Å². The lowest BCUT2D eigenvalue weighted by Crippen LogP contribution is -2.19. The summed E-state index contributed by atoms with van der Waals surface area (Å²) in [5.74, 6) is 1.11. The summed E-state index contributed by atoms with van der Waals surface area (Å²) in [6.07, 6.45) is 1.38. The van der Waals surface area contributed by atoms with Crippen LogP contribution in [-0.4, -0.2) is 32.9 Å². The molecule has 19 heavy (non-hydrogen) atoms. The summed E-state index contributed by atoms with van der Waals surface area (Å²) in [6.45, 7) is 0. The van der Waals surface area contributed by atoms with E-state index in [1.165, 1.54) is 14.2 Å². The summed E-state index contributed by atoms with van der Waals surface area (Å²) in [4.78, 5) is 11.8. The third kappa shape index (κ3) is 4.02. The normalized spacial score (nSPS) is 10.1. The third-order valence-corrected chi connectivity index (χ3v) is 3.14. The van der Waals surface area contributed by atoms with E-state index in [0.29, 0.717) is 47.8 Å². The number of halogens is 1. The largest absolute Gasteiger partial charge is 0.493 e. The second kappa shape index (κ2) is 7.89. The molecule has 1 rings (SSSR count). The number of aryl methyl sites for hydroxylation is 1. The fourth-order valence-corrected chi connectivity index (χ4v) is 2.05. The van der Waals surface area contributed by atoms with Crippen molar-refractivity contribution >= 4 is 18.1 Å². The fraction of sp³-hybridized carbons (Fsp3) is 0.462. The van der Waals surface area contributed by atoms with Crippen molar-refractivity contribution in [1.82, 2.24) is 5.32 Å². The summed E-state index contributed by atoms with van der Waals surface area (Å²) in [5.41, 5.74) is 1.34. The van der Waals surface area contributed by atoms with Crippen molar-refractivity contribution < 1.29 is 18.2 Å². The molecule has 106 valence electrons. The molecule has 0 heterocycles. The minimum atomic E-state index is -0.239. The quantitative estimate of drug-likeness (QED) is 0.783. The van der Waals surface area contributed by atoms with Gasteiger partial charge in [-0.25, -0.2) is 0 Å². The predicted octanol–water partition coefficient (Wildman–Crippen LogP) is 2.61. The van der Waals surface area contributed by atoms with E-state index in [1.54, 1.807) is 13.1 Å². The Hall–Kier alpha value is -1.43. The highest BCUT2D eigenvalue weighted by Gasteiger charge is 2.17. The Balaban J connectivity index is 3.10. The highest BCUT2D eigenvalue weighted by molar-refractivity contribution is 7.94. The molecule has 0 radical (unpaired) electrons. The molecule has 0 fully saturated rings. The average Bonchev–Trinajstić information content (AvgIpc) is 2.45. The van der Waals surface area contributed by atoms with Crippen molar-refractivity contribution in [3.63, 3.8) is 0 Å². The van der Waals surface area contributed by atoms with Gasteiger partial charge in [0.05, 0.1) is 19.8 Å². The lowest BCUT2D eigenvalue weighted by Gasteiger charge is -2.14. The molecular weight excluding hydrogens is 269 g/mol. The predicted molar refractivity (Wildman–Crippen MR) is 74.8 cm³/mol. The number of carbonyl (C=O) groups excluding carboxylic acids is 1. The first-order valence-electron chi connectivity index (χ1n) is 5.88. The van der Waals surface area contributed by atoms with Gasteiger partial charge in [0.2, 0.25) is 0 Å². The van der Waals surface area contributed by atoms with Crippen LogP contribution in [0.2, 0.25) is 0 Å². The molecule has 0 aliphatic carbocycles. The van der Waals surface area contributed by atoms with Gasteiger partial charge in [0, 0.05) is 24.9 Å². The van der Waals surface area contributed by atoms with Gasteiger partial charge in [-0.3, -0.25) is 4.79 Å². The Morgan fingerprint density at radius 2 is 2.11 bits per heavy atom.